The van der Waals surface area contributed by atoms with Gasteiger partial charge in [-0.05, 0) is 49.6 Å². The topological polar surface area (TPSA) is 104 Å². The van der Waals surface area contributed by atoms with Crippen LogP contribution >= 0.6 is 0 Å². The summed E-state index contributed by atoms with van der Waals surface area (Å²) in [5, 5.41) is 5.72. The molecule has 0 saturated carbocycles. The maximum atomic E-state index is 13.3. The Labute approximate surface area is 228 Å². The number of carbonyl (C=O) groups excluding carboxylic acids is 1. The number of hydrogen-bond donors (Lipinski definition) is 2. The number of benzene rings is 1. The molecule has 0 aliphatic carbocycles. The molecule has 3 rings (SSSR count). The molecule has 1 aliphatic rings. The van der Waals surface area contributed by atoms with Gasteiger partial charge in [0.05, 0.1) is 18.1 Å². The monoisotopic (exact) mass is 545 g/mol. The van der Waals surface area contributed by atoms with Gasteiger partial charge in [0.2, 0.25) is 10.0 Å². The Morgan fingerprint density at radius 2 is 1.61 bits per heavy atom. The number of pyridine rings is 1. The number of carbonyl (C=O) groups is 1. The van der Waals surface area contributed by atoms with Crippen LogP contribution in [-0.4, -0.2) is 81.1 Å². The normalized spacial score (nSPS) is 14.4. The number of nitrogens with one attached hydrogen (secondary N) is 2. The Balaban J connectivity index is 1.30. The number of amides is 2. The van der Waals surface area contributed by atoms with E-state index < -0.39 is 10.0 Å². The fourth-order valence-electron chi connectivity index (χ4n) is 4.46. The van der Waals surface area contributed by atoms with Crippen molar-refractivity contribution < 1.29 is 17.9 Å². The average molecular weight is 546 g/mol. The summed E-state index contributed by atoms with van der Waals surface area (Å²) in [5.74, 6) is 0. The van der Waals surface area contributed by atoms with Crippen molar-refractivity contribution in [2.75, 3.05) is 52.5 Å². The van der Waals surface area contributed by atoms with Crippen LogP contribution in [0, 0.1) is 0 Å². The Kier molecular flexibility index (Phi) is 13.5. The summed E-state index contributed by atoms with van der Waals surface area (Å²) in [4.78, 5) is 18.6. The molecule has 0 spiro atoms. The van der Waals surface area contributed by atoms with Gasteiger partial charge in [0, 0.05) is 51.7 Å². The first-order valence-electron chi connectivity index (χ1n) is 13.8. The molecule has 0 atom stereocenters. The molecule has 210 valence electrons. The number of hydrogen-bond acceptors (Lipinski definition) is 6. The minimum Gasteiger partial charge on any atom is -0.379 e. The standard InChI is InChI=1S/C28H43N5O4S/c34-28(31-25-26-12-10-15-29-24-26)30-16-8-3-1-2-4-9-18-33(19-11-17-32-20-22-37-23-21-32)38(35,36)27-13-6-5-7-14-27/h5-7,10,12-15,24H,1-4,8-9,11,16-23,25H2,(H2,30,31,34). The number of aromatic nitrogens is 1. The van der Waals surface area contributed by atoms with Crippen molar-refractivity contribution in [2.24, 2.45) is 0 Å². The molecule has 2 N–H and O–H groups in total. The zero-order chi connectivity index (χ0) is 26.9. The number of urea groups is 1. The Morgan fingerprint density at radius 1 is 0.895 bits per heavy atom. The van der Waals surface area contributed by atoms with E-state index in [2.05, 4.69) is 20.5 Å². The van der Waals surface area contributed by atoms with Crippen molar-refractivity contribution in [1.29, 1.82) is 0 Å². The molecule has 0 radical (unpaired) electrons. The minimum absolute atomic E-state index is 0.165. The van der Waals surface area contributed by atoms with Gasteiger partial charge < -0.3 is 15.4 Å². The van der Waals surface area contributed by atoms with E-state index in [4.69, 9.17) is 4.74 Å². The smallest absolute Gasteiger partial charge is 0.315 e. The second-order valence-corrected chi connectivity index (χ2v) is 11.6. The highest BCUT2D eigenvalue weighted by Crippen LogP contribution is 2.17. The van der Waals surface area contributed by atoms with E-state index in [1.165, 1.54) is 0 Å². The van der Waals surface area contributed by atoms with Crippen molar-refractivity contribution in [3.8, 4) is 0 Å². The zero-order valence-electron chi connectivity index (χ0n) is 22.4. The maximum Gasteiger partial charge on any atom is 0.315 e. The molecular weight excluding hydrogens is 502 g/mol. The number of sulfonamides is 1. The number of morpholine rings is 1. The maximum absolute atomic E-state index is 13.3. The summed E-state index contributed by atoms with van der Waals surface area (Å²) >= 11 is 0. The molecule has 38 heavy (non-hydrogen) atoms. The van der Waals surface area contributed by atoms with Crippen LogP contribution in [0.3, 0.4) is 0 Å². The van der Waals surface area contributed by atoms with Gasteiger partial charge >= 0.3 is 6.03 Å². The van der Waals surface area contributed by atoms with Crippen LogP contribution in [0.5, 0.6) is 0 Å². The average Bonchev–Trinajstić information content (AvgIpc) is 2.95. The number of ether oxygens (including phenoxy) is 1. The van der Waals surface area contributed by atoms with E-state index in [9.17, 15) is 13.2 Å². The predicted octanol–water partition coefficient (Wildman–Crippen LogP) is 3.63. The van der Waals surface area contributed by atoms with Crippen LogP contribution in [0.2, 0.25) is 0 Å². The largest absolute Gasteiger partial charge is 0.379 e. The van der Waals surface area contributed by atoms with Crippen LogP contribution in [0.4, 0.5) is 4.79 Å². The van der Waals surface area contributed by atoms with E-state index in [0.29, 0.717) is 31.1 Å². The summed E-state index contributed by atoms with van der Waals surface area (Å²) in [5.41, 5.74) is 0.967. The van der Waals surface area contributed by atoms with Crippen molar-refractivity contribution in [3.63, 3.8) is 0 Å². The fraction of sp³-hybridized carbons (Fsp3) is 0.571. The quantitative estimate of drug-likeness (QED) is 0.294. The Hall–Kier alpha value is -2.53. The third-order valence-electron chi connectivity index (χ3n) is 6.66. The van der Waals surface area contributed by atoms with Gasteiger partial charge in [-0.2, -0.15) is 4.31 Å². The molecule has 0 unspecified atom stereocenters. The van der Waals surface area contributed by atoms with Crippen LogP contribution in [0.15, 0.2) is 59.8 Å². The van der Waals surface area contributed by atoms with Gasteiger partial charge in [-0.1, -0.05) is 49.9 Å². The lowest BCUT2D eigenvalue weighted by Crippen LogP contribution is -2.39. The summed E-state index contributed by atoms with van der Waals surface area (Å²) in [6.45, 7) is 6.40. The van der Waals surface area contributed by atoms with Gasteiger partial charge in [0.15, 0.2) is 0 Å². The van der Waals surface area contributed by atoms with Crippen molar-refractivity contribution in [3.05, 3.63) is 60.4 Å². The van der Waals surface area contributed by atoms with Gasteiger partial charge in [-0.25, -0.2) is 13.2 Å². The minimum atomic E-state index is -3.50. The molecular formula is C28H43N5O4S. The number of rotatable bonds is 17. The zero-order valence-corrected chi connectivity index (χ0v) is 23.2. The lowest BCUT2D eigenvalue weighted by molar-refractivity contribution is 0.0369. The molecule has 1 aromatic heterocycles. The third-order valence-corrected chi connectivity index (χ3v) is 8.58. The first kappa shape index (κ1) is 30.0. The van der Waals surface area contributed by atoms with Gasteiger partial charge in [-0.15, -0.1) is 0 Å². The summed E-state index contributed by atoms with van der Waals surface area (Å²) in [6, 6.07) is 12.4. The summed E-state index contributed by atoms with van der Waals surface area (Å²) in [6.07, 6.45) is 10.2. The lowest BCUT2D eigenvalue weighted by Gasteiger charge is -2.28. The van der Waals surface area contributed by atoms with E-state index >= 15 is 0 Å². The molecule has 1 saturated heterocycles. The fourth-order valence-corrected chi connectivity index (χ4v) is 6.00. The van der Waals surface area contributed by atoms with E-state index in [-0.39, 0.29) is 6.03 Å². The van der Waals surface area contributed by atoms with Crippen LogP contribution in [0.25, 0.3) is 0 Å². The second kappa shape index (κ2) is 17.1. The highest BCUT2D eigenvalue weighted by Gasteiger charge is 2.24. The van der Waals surface area contributed by atoms with E-state index in [1.54, 1.807) is 41.0 Å². The summed E-state index contributed by atoms with van der Waals surface area (Å²) in [7, 11) is -3.50. The van der Waals surface area contributed by atoms with E-state index in [1.807, 2.05) is 18.2 Å². The van der Waals surface area contributed by atoms with Crippen molar-refractivity contribution in [1.82, 2.24) is 24.8 Å². The molecule has 1 aliphatic heterocycles. The SMILES string of the molecule is O=C(NCCCCCCCCN(CCCN1CCOCC1)S(=O)(=O)c1ccccc1)NCc1cccnc1. The molecule has 1 fully saturated rings. The third kappa shape index (κ3) is 11.1. The second-order valence-electron chi connectivity index (χ2n) is 9.62. The summed E-state index contributed by atoms with van der Waals surface area (Å²) < 4.78 is 33.6. The van der Waals surface area contributed by atoms with E-state index in [0.717, 1.165) is 83.4 Å². The highest BCUT2D eigenvalue weighted by molar-refractivity contribution is 7.89. The molecule has 2 aromatic rings. The number of nitrogens with zero attached hydrogens (tertiary/aromatic N) is 3. The van der Waals surface area contributed by atoms with Crippen molar-refractivity contribution >= 4 is 16.1 Å². The molecule has 9 nitrogen and oxygen atoms in total. The first-order valence-corrected chi connectivity index (χ1v) is 15.3. The highest BCUT2D eigenvalue weighted by atomic mass is 32.2. The van der Waals surface area contributed by atoms with Crippen LogP contribution < -0.4 is 10.6 Å². The molecule has 2 heterocycles. The Bertz CT molecular complexity index is 1020. The van der Waals surface area contributed by atoms with Gasteiger partial charge in [0.1, 0.15) is 0 Å². The van der Waals surface area contributed by atoms with Gasteiger partial charge in [-0.3, -0.25) is 9.88 Å². The lowest BCUT2D eigenvalue weighted by atomic mass is 10.1. The number of unbranched alkanes of at least 4 members (excludes halogenated alkanes) is 5. The molecule has 2 amide bonds. The first-order chi connectivity index (χ1) is 18.6. The molecule has 1 aromatic carbocycles. The van der Waals surface area contributed by atoms with Crippen LogP contribution in [0.1, 0.15) is 50.5 Å². The predicted molar refractivity (Wildman–Crippen MR) is 149 cm³/mol. The molecule has 10 heteroatoms. The van der Waals surface area contributed by atoms with Crippen molar-refractivity contribution in [2.45, 2.75) is 56.4 Å². The Morgan fingerprint density at radius 3 is 2.34 bits per heavy atom. The van der Waals surface area contributed by atoms with Crippen LogP contribution in [-0.2, 0) is 21.3 Å². The molecule has 0 bridgehead atoms. The van der Waals surface area contributed by atoms with Gasteiger partial charge in [0.25, 0.3) is 0 Å².